The fourth-order valence-electron chi connectivity index (χ4n) is 3.00. The van der Waals surface area contributed by atoms with Gasteiger partial charge in [-0.1, -0.05) is 6.07 Å². The van der Waals surface area contributed by atoms with Crippen molar-refractivity contribution in [2.24, 2.45) is 0 Å². The quantitative estimate of drug-likeness (QED) is 0.498. The maximum absolute atomic E-state index is 12.8. The molecule has 0 unspecified atom stereocenters. The van der Waals surface area contributed by atoms with Crippen molar-refractivity contribution in [2.75, 3.05) is 5.32 Å². The highest BCUT2D eigenvalue weighted by Crippen LogP contribution is 2.34. The molecular formula is C20H17N3O3S. The van der Waals surface area contributed by atoms with Crippen LogP contribution in [0.25, 0.3) is 21.8 Å². The predicted octanol–water partition coefficient (Wildman–Crippen LogP) is 4.83. The van der Waals surface area contributed by atoms with Gasteiger partial charge in [0, 0.05) is 5.39 Å². The van der Waals surface area contributed by atoms with Crippen LogP contribution in [0.15, 0.2) is 41.0 Å². The minimum Gasteiger partial charge on any atom is -0.506 e. The van der Waals surface area contributed by atoms with Gasteiger partial charge in [-0.15, -0.1) is 11.3 Å². The molecule has 7 heteroatoms. The minimum absolute atomic E-state index is 0.0400. The first kappa shape index (κ1) is 17.2. The number of fused-ring (bicyclic) bond motifs is 1. The van der Waals surface area contributed by atoms with Gasteiger partial charge in [-0.25, -0.2) is 9.97 Å². The summed E-state index contributed by atoms with van der Waals surface area (Å²) in [5.74, 6) is 0.836. The molecule has 0 aliphatic rings. The molecular weight excluding hydrogens is 362 g/mol. The molecule has 3 heterocycles. The number of amides is 1. The number of hydrogen-bond acceptors (Lipinski definition) is 6. The van der Waals surface area contributed by atoms with E-state index in [0.717, 1.165) is 27.0 Å². The molecule has 0 saturated heterocycles. The summed E-state index contributed by atoms with van der Waals surface area (Å²) in [5.41, 5.74) is 2.90. The van der Waals surface area contributed by atoms with Crippen LogP contribution in [-0.2, 0) is 0 Å². The zero-order valence-corrected chi connectivity index (χ0v) is 15.8. The van der Waals surface area contributed by atoms with Gasteiger partial charge in [0.1, 0.15) is 10.6 Å². The van der Waals surface area contributed by atoms with Gasteiger partial charge < -0.3 is 14.8 Å². The van der Waals surface area contributed by atoms with Crippen LogP contribution in [0.4, 0.5) is 5.69 Å². The summed E-state index contributed by atoms with van der Waals surface area (Å²) in [5, 5.41) is 13.7. The average molecular weight is 379 g/mol. The van der Waals surface area contributed by atoms with E-state index in [0.29, 0.717) is 22.1 Å². The number of rotatable bonds is 3. The lowest BCUT2D eigenvalue weighted by Crippen LogP contribution is -2.11. The van der Waals surface area contributed by atoms with Crippen molar-refractivity contribution in [3.8, 4) is 17.3 Å². The molecule has 0 radical (unpaired) electrons. The Labute approximate surface area is 159 Å². The number of aromatic nitrogens is 2. The Morgan fingerprint density at radius 1 is 1.19 bits per heavy atom. The monoisotopic (exact) mass is 379 g/mol. The van der Waals surface area contributed by atoms with E-state index in [1.165, 1.54) is 11.3 Å². The number of nitrogens with zero attached hydrogens (tertiary/aromatic N) is 2. The van der Waals surface area contributed by atoms with Crippen LogP contribution < -0.4 is 5.32 Å². The Hall–Kier alpha value is -3.19. The first-order chi connectivity index (χ1) is 12.9. The molecule has 4 rings (SSSR count). The summed E-state index contributed by atoms with van der Waals surface area (Å²) < 4.78 is 5.38. The molecule has 27 heavy (non-hydrogen) atoms. The molecule has 1 amide bonds. The minimum atomic E-state index is -0.284. The number of nitrogens with one attached hydrogen (secondary N) is 1. The Kier molecular flexibility index (Phi) is 4.16. The van der Waals surface area contributed by atoms with Crippen molar-refractivity contribution < 1.29 is 14.3 Å². The van der Waals surface area contributed by atoms with Crippen LogP contribution in [0, 0.1) is 20.8 Å². The van der Waals surface area contributed by atoms with Crippen LogP contribution >= 0.6 is 11.3 Å². The van der Waals surface area contributed by atoms with Crippen LogP contribution in [0.3, 0.4) is 0 Å². The SMILES string of the molecule is Cc1ccc(NC(=O)c2sc3nc(-c4ccco4)nc(C)c3c2C)c(O)c1. The van der Waals surface area contributed by atoms with Crippen LogP contribution in [0.2, 0.25) is 0 Å². The molecule has 136 valence electrons. The highest BCUT2D eigenvalue weighted by atomic mass is 32.1. The van der Waals surface area contributed by atoms with Crippen molar-refractivity contribution in [3.63, 3.8) is 0 Å². The highest BCUT2D eigenvalue weighted by Gasteiger charge is 2.20. The van der Waals surface area contributed by atoms with Gasteiger partial charge in [0.25, 0.3) is 5.91 Å². The molecule has 0 fully saturated rings. The second-order valence-corrected chi connectivity index (χ2v) is 7.32. The standard InChI is InChI=1S/C20H17N3O3S/c1-10-6-7-13(14(24)9-10)22-19(25)17-11(2)16-12(3)21-18(23-20(16)27-17)15-5-4-8-26-15/h4-9,24H,1-3H3,(H,22,25). The van der Waals surface area contributed by atoms with E-state index >= 15 is 0 Å². The maximum Gasteiger partial charge on any atom is 0.266 e. The lowest BCUT2D eigenvalue weighted by atomic mass is 10.1. The second kappa shape index (κ2) is 6.51. The first-order valence-electron chi connectivity index (χ1n) is 8.36. The Balaban J connectivity index is 1.74. The number of thiophene rings is 1. The first-order valence-corrected chi connectivity index (χ1v) is 9.18. The van der Waals surface area contributed by atoms with E-state index in [4.69, 9.17) is 4.42 Å². The molecule has 4 aromatic rings. The van der Waals surface area contributed by atoms with Gasteiger partial charge in [0.05, 0.1) is 22.5 Å². The van der Waals surface area contributed by atoms with Crippen LogP contribution in [0.1, 0.15) is 26.5 Å². The Morgan fingerprint density at radius 3 is 2.70 bits per heavy atom. The summed E-state index contributed by atoms with van der Waals surface area (Å²) in [4.78, 5) is 23.1. The van der Waals surface area contributed by atoms with E-state index in [1.807, 2.05) is 26.8 Å². The molecule has 0 spiro atoms. The number of carbonyl (C=O) groups is 1. The largest absolute Gasteiger partial charge is 0.506 e. The zero-order valence-electron chi connectivity index (χ0n) is 15.0. The topological polar surface area (TPSA) is 88.3 Å². The fourth-order valence-corrected chi connectivity index (χ4v) is 4.13. The molecule has 0 aliphatic heterocycles. The number of phenols is 1. The number of anilines is 1. The number of aryl methyl sites for hydroxylation is 3. The van der Waals surface area contributed by atoms with Gasteiger partial charge in [-0.05, 0) is 56.2 Å². The number of benzene rings is 1. The third-order valence-electron chi connectivity index (χ3n) is 4.32. The van der Waals surface area contributed by atoms with Crippen molar-refractivity contribution >= 4 is 33.1 Å². The number of phenolic OH excluding ortho intramolecular Hbond substituents is 1. The Morgan fingerprint density at radius 2 is 2.00 bits per heavy atom. The average Bonchev–Trinajstić information content (AvgIpc) is 3.26. The number of carbonyl (C=O) groups excluding carboxylic acids is 1. The highest BCUT2D eigenvalue weighted by molar-refractivity contribution is 7.20. The summed E-state index contributed by atoms with van der Waals surface area (Å²) in [6, 6.07) is 8.71. The lowest BCUT2D eigenvalue weighted by Gasteiger charge is -2.07. The van der Waals surface area contributed by atoms with E-state index in [9.17, 15) is 9.90 Å². The summed E-state index contributed by atoms with van der Waals surface area (Å²) in [6.45, 7) is 5.65. The van der Waals surface area contributed by atoms with Gasteiger partial charge in [0.2, 0.25) is 0 Å². The zero-order chi connectivity index (χ0) is 19.1. The van der Waals surface area contributed by atoms with Crippen molar-refractivity contribution in [1.82, 2.24) is 9.97 Å². The molecule has 3 aromatic heterocycles. The van der Waals surface area contributed by atoms with Gasteiger partial charge >= 0.3 is 0 Å². The van der Waals surface area contributed by atoms with Gasteiger partial charge in [0.15, 0.2) is 11.6 Å². The fraction of sp³-hybridized carbons (Fsp3) is 0.150. The maximum atomic E-state index is 12.8. The molecule has 0 atom stereocenters. The van der Waals surface area contributed by atoms with Crippen molar-refractivity contribution in [2.45, 2.75) is 20.8 Å². The number of hydrogen-bond donors (Lipinski definition) is 2. The van der Waals surface area contributed by atoms with E-state index in [1.54, 1.807) is 30.5 Å². The molecule has 2 N–H and O–H groups in total. The van der Waals surface area contributed by atoms with E-state index in [2.05, 4.69) is 15.3 Å². The summed E-state index contributed by atoms with van der Waals surface area (Å²) in [6.07, 6.45) is 1.57. The van der Waals surface area contributed by atoms with Crippen molar-refractivity contribution in [1.29, 1.82) is 0 Å². The predicted molar refractivity (Wildman–Crippen MR) is 105 cm³/mol. The van der Waals surface area contributed by atoms with Gasteiger partial charge in [-0.3, -0.25) is 4.79 Å². The summed E-state index contributed by atoms with van der Waals surface area (Å²) >= 11 is 1.30. The second-order valence-electron chi connectivity index (χ2n) is 6.32. The van der Waals surface area contributed by atoms with Crippen LogP contribution in [-0.4, -0.2) is 21.0 Å². The lowest BCUT2D eigenvalue weighted by molar-refractivity contribution is 0.102. The normalized spacial score (nSPS) is 11.1. The Bertz CT molecular complexity index is 1160. The third kappa shape index (κ3) is 3.06. The number of furan rings is 1. The molecule has 0 aliphatic carbocycles. The van der Waals surface area contributed by atoms with Crippen LogP contribution in [0.5, 0.6) is 5.75 Å². The molecule has 0 saturated carbocycles. The number of aromatic hydroxyl groups is 1. The van der Waals surface area contributed by atoms with Gasteiger partial charge in [-0.2, -0.15) is 0 Å². The molecule has 0 bridgehead atoms. The third-order valence-corrected chi connectivity index (χ3v) is 5.50. The molecule has 6 nitrogen and oxygen atoms in total. The summed E-state index contributed by atoms with van der Waals surface area (Å²) in [7, 11) is 0. The van der Waals surface area contributed by atoms with E-state index in [-0.39, 0.29) is 11.7 Å². The van der Waals surface area contributed by atoms with E-state index < -0.39 is 0 Å². The molecule has 1 aromatic carbocycles. The smallest absolute Gasteiger partial charge is 0.266 e. The van der Waals surface area contributed by atoms with Crippen molar-refractivity contribution in [3.05, 3.63) is 58.3 Å².